The number of nitrogens with one attached hydrogen (secondary N) is 1. The number of hydrogen-bond acceptors (Lipinski definition) is 4. The summed E-state index contributed by atoms with van der Waals surface area (Å²) in [4.78, 5) is 11.4. The minimum atomic E-state index is -4.82. The molecule has 2 rings (SSSR count). The lowest BCUT2D eigenvalue weighted by Crippen LogP contribution is -2.33. The highest BCUT2D eigenvalue weighted by Gasteiger charge is 2.33. The van der Waals surface area contributed by atoms with Gasteiger partial charge >= 0.3 is 6.36 Å². The number of ether oxygens (including phenoxy) is 2. The van der Waals surface area contributed by atoms with E-state index in [0.717, 1.165) is 0 Å². The largest absolute Gasteiger partial charge is 0.573 e. The van der Waals surface area contributed by atoms with Crippen molar-refractivity contribution in [3.05, 3.63) is 23.8 Å². The monoisotopic (exact) mass is 316 g/mol. The Morgan fingerprint density at radius 3 is 2.68 bits per heavy atom. The van der Waals surface area contributed by atoms with E-state index in [9.17, 15) is 18.0 Å². The van der Waals surface area contributed by atoms with E-state index in [1.807, 2.05) is 6.92 Å². The highest BCUT2D eigenvalue weighted by Crippen LogP contribution is 2.34. The first-order chi connectivity index (χ1) is 10.3. The van der Waals surface area contributed by atoms with Crippen LogP contribution in [0.3, 0.4) is 0 Å². The lowest BCUT2D eigenvalue weighted by molar-refractivity contribution is -0.275. The first kappa shape index (κ1) is 16.1. The molecule has 1 N–H and O–H groups in total. The van der Waals surface area contributed by atoms with Crippen molar-refractivity contribution in [3.63, 3.8) is 0 Å². The van der Waals surface area contributed by atoms with Crippen LogP contribution in [0.2, 0.25) is 0 Å². The standard InChI is InChI=1S/C14H15F3N2O3/c1-3-8-7-12(20)18-19-13(8)9-4-5-10(21-2)11(6-9)22-14(15,16)17/h4-6,8H,3,7H2,1-2H3,(H,18,20). The van der Waals surface area contributed by atoms with Gasteiger partial charge in [0.1, 0.15) is 0 Å². The summed E-state index contributed by atoms with van der Waals surface area (Å²) in [5, 5.41) is 3.97. The molecule has 0 radical (unpaired) electrons. The summed E-state index contributed by atoms with van der Waals surface area (Å²) < 4.78 is 46.2. The first-order valence-corrected chi connectivity index (χ1v) is 6.64. The molecule has 0 aliphatic carbocycles. The minimum Gasteiger partial charge on any atom is -0.493 e. The molecule has 1 aliphatic rings. The number of hydrazone groups is 1. The average Bonchev–Trinajstić information content (AvgIpc) is 2.45. The van der Waals surface area contributed by atoms with E-state index in [-0.39, 0.29) is 24.0 Å². The van der Waals surface area contributed by atoms with Crippen LogP contribution in [0.4, 0.5) is 13.2 Å². The third-order valence-electron chi connectivity index (χ3n) is 3.30. The van der Waals surface area contributed by atoms with Crippen LogP contribution in [0.25, 0.3) is 0 Å². The zero-order chi connectivity index (χ0) is 16.3. The summed E-state index contributed by atoms with van der Waals surface area (Å²) in [7, 11) is 1.26. The van der Waals surface area contributed by atoms with Gasteiger partial charge in [-0.05, 0) is 24.6 Å². The summed E-state index contributed by atoms with van der Waals surface area (Å²) >= 11 is 0. The normalized spacial score (nSPS) is 18.5. The molecule has 0 fully saturated rings. The molecule has 1 aromatic carbocycles. The van der Waals surface area contributed by atoms with Gasteiger partial charge in [-0.1, -0.05) is 6.92 Å². The SMILES string of the molecule is CCC1CC(=O)NN=C1c1ccc(OC)c(OC(F)(F)F)c1. The maximum atomic E-state index is 12.5. The number of carbonyl (C=O) groups is 1. The van der Waals surface area contributed by atoms with Crippen molar-refractivity contribution < 1.29 is 27.4 Å². The molecule has 0 aromatic heterocycles. The number of benzene rings is 1. The second-order valence-electron chi connectivity index (χ2n) is 4.75. The van der Waals surface area contributed by atoms with Crippen LogP contribution in [0.1, 0.15) is 25.3 Å². The molecule has 22 heavy (non-hydrogen) atoms. The number of carbonyl (C=O) groups excluding carboxylic acids is 1. The fourth-order valence-corrected chi connectivity index (χ4v) is 2.26. The highest BCUT2D eigenvalue weighted by atomic mass is 19.4. The Morgan fingerprint density at radius 1 is 1.36 bits per heavy atom. The molecule has 1 atom stereocenters. The van der Waals surface area contributed by atoms with Gasteiger partial charge in [0.2, 0.25) is 5.91 Å². The van der Waals surface area contributed by atoms with Crippen LogP contribution < -0.4 is 14.9 Å². The summed E-state index contributed by atoms with van der Waals surface area (Å²) in [6, 6.07) is 4.18. The smallest absolute Gasteiger partial charge is 0.493 e. The van der Waals surface area contributed by atoms with Crippen molar-refractivity contribution in [3.8, 4) is 11.5 Å². The van der Waals surface area contributed by atoms with Gasteiger partial charge in [0, 0.05) is 17.9 Å². The van der Waals surface area contributed by atoms with E-state index in [1.54, 1.807) is 6.07 Å². The molecular weight excluding hydrogens is 301 g/mol. The number of alkyl halides is 3. The predicted octanol–water partition coefficient (Wildman–Crippen LogP) is 2.84. The first-order valence-electron chi connectivity index (χ1n) is 6.64. The van der Waals surface area contributed by atoms with Crippen LogP contribution in [-0.2, 0) is 4.79 Å². The third-order valence-corrected chi connectivity index (χ3v) is 3.30. The molecule has 0 bridgehead atoms. The number of nitrogens with zero attached hydrogens (tertiary/aromatic N) is 1. The van der Waals surface area contributed by atoms with Crippen molar-refractivity contribution in [2.45, 2.75) is 26.1 Å². The molecule has 1 aromatic rings. The van der Waals surface area contributed by atoms with Crippen molar-refractivity contribution in [1.82, 2.24) is 5.43 Å². The van der Waals surface area contributed by atoms with E-state index in [2.05, 4.69) is 15.3 Å². The van der Waals surface area contributed by atoms with E-state index in [0.29, 0.717) is 17.7 Å². The molecule has 5 nitrogen and oxygen atoms in total. The minimum absolute atomic E-state index is 0.0328. The molecule has 8 heteroatoms. The van der Waals surface area contributed by atoms with E-state index >= 15 is 0 Å². The highest BCUT2D eigenvalue weighted by molar-refractivity contribution is 6.06. The lowest BCUT2D eigenvalue weighted by Gasteiger charge is -2.22. The average molecular weight is 316 g/mol. The summed E-state index contributed by atoms with van der Waals surface area (Å²) in [6.45, 7) is 1.88. The molecule has 1 aliphatic heterocycles. The van der Waals surface area contributed by atoms with Crippen LogP contribution in [0.5, 0.6) is 11.5 Å². The summed E-state index contributed by atoms with van der Waals surface area (Å²) in [5.41, 5.74) is 3.32. The Balaban J connectivity index is 2.39. The van der Waals surface area contributed by atoms with Gasteiger partial charge in [-0.25, -0.2) is 5.43 Å². The number of methoxy groups -OCH3 is 1. The summed E-state index contributed by atoms with van der Waals surface area (Å²) in [5.74, 6) is -0.840. The van der Waals surface area contributed by atoms with E-state index in [4.69, 9.17) is 4.74 Å². The maximum Gasteiger partial charge on any atom is 0.573 e. The Hall–Kier alpha value is -2.25. The van der Waals surface area contributed by atoms with Gasteiger partial charge in [0.05, 0.1) is 12.8 Å². The van der Waals surface area contributed by atoms with E-state index < -0.39 is 12.1 Å². The van der Waals surface area contributed by atoms with Gasteiger partial charge in [-0.2, -0.15) is 5.10 Å². The number of rotatable bonds is 4. The Bertz CT molecular complexity index is 599. The fraction of sp³-hybridized carbons (Fsp3) is 0.429. The number of halogens is 3. The maximum absolute atomic E-state index is 12.5. The Labute approximate surface area is 125 Å². The molecule has 0 spiro atoms. The van der Waals surface area contributed by atoms with Crippen LogP contribution in [0.15, 0.2) is 23.3 Å². The number of amides is 1. The zero-order valence-corrected chi connectivity index (χ0v) is 12.0. The Kier molecular flexibility index (Phi) is 4.58. The molecule has 1 heterocycles. The fourth-order valence-electron chi connectivity index (χ4n) is 2.26. The van der Waals surface area contributed by atoms with Crippen molar-refractivity contribution in [2.24, 2.45) is 11.0 Å². The second kappa shape index (κ2) is 6.25. The predicted molar refractivity (Wildman–Crippen MR) is 72.8 cm³/mol. The van der Waals surface area contributed by atoms with Gasteiger partial charge in [0.25, 0.3) is 0 Å². The van der Waals surface area contributed by atoms with Gasteiger partial charge < -0.3 is 9.47 Å². The van der Waals surface area contributed by atoms with Crippen molar-refractivity contribution >= 4 is 11.6 Å². The molecule has 0 saturated carbocycles. The van der Waals surface area contributed by atoms with E-state index in [1.165, 1.54) is 19.2 Å². The number of hydrogen-bond donors (Lipinski definition) is 1. The third kappa shape index (κ3) is 3.69. The molecular formula is C14H15F3N2O3. The van der Waals surface area contributed by atoms with Gasteiger partial charge in [-0.15, -0.1) is 13.2 Å². The van der Waals surface area contributed by atoms with Gasteiger partial charge in [0.15, 0.2) is 11.5 Å². The van der Waals surface area contributed by atoms with Crippen LogP contribution in [-0.4, -0.2) is 25.1 Å². The van der Waals surface area contributed by atoms with Crippen LogP contribution >= 0.6 is 0 Å². The zero-order valence-electron chi connectivity index (χ0n) is 12.0. The quantitative estimate of drug-likeness (QED) is 0.929. The summed E-state index contributed by atoms with van der Waals surface area (Å²) in [6.07, 6.45) is -3.93. The van der Waals surface area contributed by atoms with Gasteiger partial charge in [-0.3, -0.25) is 4.79 Å². The second-order valence-corrected chi connectivity index (χ2v) is 4.75. The molecule has 1 unspecified atom stereocenters. The molecule has 120 valence electrons. The lowest BCUT2D eigenvalue weighted by atomic mass is 9.90. The van der Waals surface area contributed by atoms with Crippen molar-refractivity contribution in [2.75, 3.05) is 7.11 Å². The molecule has 1 amide bonds. The Morgan fingerprint density at radius 2 is 2.09 bits per heavy atom. The molecule has 0 saturated heterocycles. The van der Waals surface area contributed by atoms with Crippen molar-refractivity contribution in [1.29, 1.82) is 0 Å². The van der Waals surface area contributed by atoms with Crippen LogP contribution in [0, 0.1) is 5.92 Å². The topological polar surface area (TPSA) is 59.9 Å².